The Morgan fingerprint density at radius 2 is 1.81 bits per heavy atom. The number of hydrogen-bond acceptors (Lipinski definition) is 2. The predicted molar refractivity (Wildman–Crippen MR) is 76.1 cm³/mol. The number of fused-ring (bicyclic) bond motifs is 1. The van der Waals surface area contributed by atoms with Crippen LogP contribution in [0, 0.1) is 24.0 Å². The van der Waals surface area contributed by atoms with E-state index in [1.807, 2.05) is 0 Å². The minimum atomic E-state index is -0.533. The second kappa shape index (κ2) is 5.22. The standard InChI is InChI=1S/C17H9F2NO/c1-2-13-14(18)6-4-8-16(13)21-12-9-11-5-3-7-15(19)17(11)20-10-12/h1,3-10H. The Morgan fingerprint density at radius 3 is 2.62 bits per heavy atom. The third-order valence-electron chi connectivity index (χ3n) is 2.98. The van der Waals surface area contributed by atoms with Crippen molar-refractivity contribution < 1.29 is 13.5 Å². The molecule has 0 atom stereocenters. The molecule has 1 aromatic heterocycles. The summed E-state index contributed by atoms with van der Waals surface area (Å²) in [5.74, 6) is 1.88. The number of terminal acetylenes is 1. The van der Waals surface area contributed by atoms with Gasteiger partial charge in [-0.25, -0.2) is 13.8 Å². The molecule has 0 amide bonds. The van der Waals surface area contributed by atoms with Crippen LogP contribution in [0.15, 0.2) is 48.7 Å². The van der Waals surface area contributed by atoms with Crippen LogP contribution in [-0.2, 0) is 0 Å². The van der Waals surface area contributed by atoms with Crippen molar-refractivity contribution in [3.8, 4) is 23.8 Å². The number of rotatable bonds is 2. The zero-order valence-electron chi connectivity index (χ0n) is 10.8. The van der Waals surface area contributed by atoms with Crippen LogP contribution in [0.3, 0.4) is 0 Å². The third-order valence-corrected chi connectivity index (χ3v) is 2.98. The number of benzene rings is 2. The average molecular weight is 281 g/mol. The molecule has 2 nitrogen and oxygen atoms in total. The van der Waals surface area contributed by atoms with Gasteiger partial charge in [0.2, 0.25) is 0 Å². The van der Waals surface area contributed by atoms with Crippen LogP contribution in [0.25, 0.3) is 10.9 Å². The van der Waals surface area contributed by atoms with E-state index in [9.17, 15) is 8.78 Å². The maximum Gasteiger partial charge on any atom is 0.149 e. The van der Waals surface area contributed by atoms with E-state index in [2.05, 4.69) is 10.9 Å². The molecule has 1 heterocycles. The zero-order valence-corrected chi connectivity index (χ0v) is 10.8. The summed E-state index contributed by atoms with van der Waals surface area (Å²) in [5.41, 5.74) is 0.290. The van der Waals surface area contributed by atoms with Crippen molar-refractivity contribution in [3.63, 3.8) is 0 Å². The fourth-order valence-electron chi connectivity index (χ4n) is 2.02. The van der Waals surface area contributed by atoms with Gasteiger partial charge in [0.05, 0.1) is 6.20 Å². The molecule has 4 heteroatoms. The molecule has 0 N–H and O–H groups in total. The molecule has 0 fully saturated rings. The highest BCUT2D eigenvalue weighted by Crippen LogP contribution is 2.28. The zero-order chi connectivity index (χ0) is 14.8. The lowest BCUT2D eigenvalue weighted by molar-refractivity contribution is 0.473. The SMILES string of the molecule is C#Cc1c(F)cccc1Oc1cnc2c(F)cccc2c1. The van der Waals surface area contributed by atoms with Crippen molar-refractivity contribution in [1.82, 2.24) is 4.98 Å². The Balaban J connectivity index is 2.03. The predicted octanol–water partition coefficient (Wildman–Crippen LogP) is 4.29. The first-order valence-corrected chi connectivity index (χ1v) is 6.16. The molecule has 102 valence electrons. The van der Waals surface area contributed by atoms with Gasteiger partial charge < -0.3 is 4.74 Å². The minimum absolute atomic E-state index is 0.0387. The molecule has 0 aliphatic rings. The summed E-state index contributed by atoms with van der Waals surface area (Å²) in [6.07, 6.45) is 6.65. The average Bonchev–Trinajstić information content (AvgIpc) is 2.48. The quantitative estimate of drug-likeness (QED) is 0.654. The van der Waals surface area contributed by atoms with Gasteiger partial charge in [-0.3, -0.25) is 0 Å². The maximum atomic E-state index is 13.6. The Bertz CT molecular complexity index is 868. The topological polar surface area (TPSA) is 22.1 Å². The molecular formula is C17H9F2NO. The van der Waals surface area contributed by atoms with Crippen LogP contribution in [0.5, 0.6) is 11.5 Å². The first kappa shape index (κ1) is 13.1. The molecule has 0 spiro atoms. The highest BCUT2D eigenvalue weighted by molar-refractivity contribution is 5.80. The van der Waals surface area contributed by atoms with Gasteiger partial charge in [-0.15, -0.1) is 6.42 Å². The highest BCUT2D eigenvalue weighted by Gasteiger charge is 2.09. The fourth-order valence-corrected chi connectivity index (χ4v) is 2.02. The number of hydrogen-bond donors (Lipinski definition) is 0. The molecular weight excluding hydrogens is 272 g/mol. The van der Waals surface area contributed by atoms with Crippen LogP contribution in [0.4, 0.5) is 8.78 Å². The van der Waals surface area contributed by atoms with E-state index in [-0.39, 0.29) is 16.8 Å². The summed E-state index contributed by atoms with van der Waals surface area (Å²) >= 11 is 0. The van der Waals surface area contributed by atoms with E-state index in [0.717, 1.165) is 0 Å². The lowest BCUT2D eigenvalue weighted by Crippen LogP contribution is -1.93. The number of ether oxygens (including phenoxy) is 1. The maximum absolute atomic E-state index is 13.6. The summed E-state index contributed by atoms with van der Waals surface area (Å²) < 4.78 is 32.7. The van der Waals surface area contributed by atoms with Gasteiger partial charge in [0.25, 0.3) is 0 Å². The van der Waals surface area contributed by atoms with Crippen molar-refractivity contribution in [2.24, 2.45) is 0 Å². The molecule has 0 radical (unpaired) electrons. The normalized spacial score (nSPS) is 10.3. The third kappa shape index (κ3) is 2.41. The molecule has 0 unspecified atom stereocenters. The van der Waals surface area contributed by atoms with Crippen LogP contribution >= 0.6 is 0 Å². The van der Waals surface area contributed by atoms with Crippen LogP contribution in [0.1, 0.15) is 5.56 Å². The van der Waals surface area contributed by atoms with E-state index >= 15 is 0 Å². The van der Waals surface area contributed by atoms with Gasteiger partial charge in [-0.05, 0) is 24.3 Å². The van der Waals surface area contributed by atoms with E-state index < -0.39 is 11.6 Å². The van der Waals surface area contributed by atoms with Gasteiger partial charge in [0.15, 0.2) is 0 Å². The Morgan fingerprint density at radius 1 is 1.05 bits per heavy atom. The Hall–Kier alpha value is -2.93. The molecule has 2 aromatic carbocycles. The number of pyridine rings is 1. The lowest BCUT2D eigenvalue weighted by Gasteiger charge is -2.09. The molecule has 21 heavy (non-hydrogen) atoms. The number of nitrogens with zero attached hydrogens (tertiary/aromatic N) is 1. The van der Waals surface area contributed by atoms with Crippen LogP contribution in [-0.4, -0.2) is 4.98 Å². The summed E-state index contributed by atoms with van der Waals surface area (Å²) in [5, 5.41) is 0.589. The molecule has 0 bridgehead atoms. The number of para-hydroxylation sites is 1. The molecule has 0 aliphatic carbocycles. The largest absolute Gasteiger partial charge is 0.454 e. The van der Waals surface area contributed by atoms with Gasteiger partial charge in [-0.1, -0.05) is 24.1 Å². The van der Waals surface area contributed by atoms with Crippen molar-refractivity contribution in [1.29, 1.82) is 0 Å². The smallest absolute Gasteiger partial charge is 0.149 e. The van der Waals surface area contributed by atoms with Crippen molar-refractivity contribution in [2.75, 3.05) is 0 Å². The van der Waals surface area contributed by atoms with E-state index in [0.29, 0.717) is 11.1 Å². The van der Waals surface area contributed by atoms with Gasteiger partial charge in [-0.2, -0.15) is 0 Å². The first-order chi connectivity index (χ1) is 10.2. The van der Waals surface area contributed by atoms with Crippen LogP contribution < -0.4 is 4.74 Å². The number of aromatic nitrogens is 1. The van der Waals surface area contributed by atoms with Gasteiger partial charge in [0, 0.05) is 5.39 Å². The van der Waals surface area contributed by atoms with Gasteiger partial charge in [0.1, 0.15) is 34.2 Å². The molecule has 3 rings (SSSR count). The minimum Gasteiger partial charge on any atom is -0.454 e. The second-order valence-corrected chi connectivity index (χ2v) is 4.34. The fraction of sp³-hybridized carbons (Fsp3) is 0. The Kier molecular flexibility index (Phi) is 3.25. The molecule has 0 saturated heterocycles. The Labute approximate surface area is 120 Å². The first-order valence-electron chi connectivity index (χ1n) is 6.16. The summed E-state index contributed by atoms with van der Waals surface area (Å²) in [7, 11) is 0. The summed E-state index contributed by atoms with van der Waals surface area (Å²) in [4.78, 5) is 4.01. The number of halogens is 2. The van der Waals surface area contributed by atoms with Crippen molar-refractivity contribution >= 4 is 10.9 Å². The van der Waals surface area contributed by atoms with Crippen LogP contribution in [0.2, 0.25) is 0 Å². The highest BCUT2D eigenvalue weighted by atomic mass is 19.1. The van der Waals surface area contributed by atoms with E-state index in [1.54, 1.807) is 24.3 Å². The lowest BCUT2D eigenvalue weighted by atomic mass is 10.2. The van der Waals surface area contributed by atoms with E-state index in [4.69, 9.17) is 11.2 Å². The van der Waals surface area contributed by atoms with E-state index in [1.165, 1.54) is 24.4 Å². The van der Waals surface area contributed by atoms with Gasteiger partial charge >= 0.3 is 0 Å². The van der Waals surface area contributed by atoms with Crippen molar-refractivity contribution in [2.45, 2.75) is 0 Å². The molecule has 3 aromatic rings. The molecule has 0 saturated carbocycles. The molecule has 0 aliphatic heterocycles. The summed E-state index contributed by atoms with van der Waals surface area (Å²) in [6.45, 7) is 0. The second-order valence-electron chi connectivity index (χ2n) is 4.34. The summed E-state index contributed by atoms with van der Waals surface area (Å²) in [6, 6.07) is 10.6. The van der Waals surface area contributed by atoms with Crippen molar-refractivity contribution in [3.05, 3.63) is 65.9 Å². The monoisotopic (exact) mass is 281 g/mol.